The molecule has 0 atom stereocenters. The van der Waals surface area contributed by atoms with Gasteiger partial charge in [-0.1, -0.05) is 188 Å². The van der Waals surface area contributed by atoms with Crippen molar-refractivity contribution in [1.82, 2.24) is 9.97 Å². The van der Waals surface area contributed by atoms with E-state index in [0.717, 1.165) is 67.0 Å². The van der Waals surface area contributed by atoms with E-state index in [1.807, 2.05) is 54.6 Å². The summed E-state index contributed by atoms with van der Waals surface area (Å²) >= 11 is 0. The van der Waals surface area contributed by atoms with Crippen molar-refractivity contribution in [1.29, 1.82) is 5.26 Å². The highest BCUT2D eigenvalue weighted by Gasteiger charge is 2.20. The minimum atomic E-state index is 0.658. The Bertz CT molecular complexity index is 2770. The van der Waals surface area contributed by atoms with Crippen molar-refractivity contribution < 1.29 is 0 Å². The van der Waals surface area contributed by atoms with Crippen LogP contribution in [0.1, 0.15) is 5.56 Å². The molecule has 252 valence electrons. The molecule has 0 unspecified atom stereocenters. The zero-order valence-corrected chi connectivity index (χ0v) is 29.4. The molecule has 0 saturated heterocycles. The molecule has 8 aromatic carbocycles. The Morgan fingerprint density at radius 1 is 0.333 bits per heavy atom. The van der Waals surface area contributed by atoms with E-state index in [0.29, 0.717) is 11.4 Å². The van der Waals surface area contributed by atoms with Crippen LogP contribution in [0, 0.1) is 11.3 Å². The number of fused-ring (bicyclic) bond motifs is 1. The van der Waals surface area contributed by atoms with E-state index in [1.165, 1.54) is 16.3 Å². The summed E-state index contributed by atoms with van der Waals surface area (Å²) in [7, 11) is 0. The van der Waals surface area contributed by atoms with Gasteiger partial charge in [0, 0.05) is 22.3 Å². The van der Waals surface area contributed by atoms with Crippen LogP contribution in [0.15, 0.2) is 200 Å². The molecule has 0 fully saturated rings. The molecule has 1 heterocycles. The fraction of sp³-hybridized carbons (Fsp3) is 0. The molecule has 54 heavy (non-hydrogen) atoms. The minimum absolute atomic E-state index is 0.658. The fourth-order valence-corrected chi connectivity index (χ4v) is 7.27. The first-order valence-corrected chi connectivity index (χ1v) is 18.1. The van der Waals surface area contributed by atoms with E-state index in [1.54, 1.807) is 0 Å². The van der Waals surface area contributed by atoms with Crippen molar-refractivity contribution in [3.05, 3.63) is 206 Å². The molecule has 1 aromatic heterocycles. The molecule has 3 heteroatoms. The monoisotopic (exact) mass is 687 g/mol. The van der Waals surface area contributed by atoms with Gasteiger partial charge in [-0.25, -0.2) is 9.97 Å². The minimum Gasteiger partial charge on any atom is -0.227 e. The van der Waals surface area contributed by atoms with Crippen LogP contribution in [-0.4, -0.2) is 9.97 Å². The van der Waals surface area contributed by atoms with Gasteiger partial charge in [0.05, 0.1) is 23.0 Å². The van der Waals surface area contributed by atoms with Crippen LogP contribution in [0.2, 0.25) is 0 Å². The predicted molar refractivity (Wildman–Crippen MR) is 222 cm³/mol. The third kappa shape index (κ3) is 6.23. The summed E-state index contributed by atoms with van der Waals surface area (Å²) in [4.78, 5) is 10.5. The average molecular weight is 688 g/mol. The Kier molecular flexibility index (Phi) is 8.61. The number of hydrogen-bond donors (Lipinski definition) is 0. The van der Waals surface area contributed by atoms with E-state index in [-0.39, 0.29) is 0 Å². The molecule has 0 N–H and O–H groups in total. The molecule has 0 aliphatic rings. The van der Waals surface area contributed by atoms with Crippen LogP contribution in [-0.2, 0) is 0 Å². The third-order valence-electron chi connectivity index (χ3n) is 9.97. The van der Waals surface area contributed by atoms with Crippen LogP contribution < -0.4 is 0 Å². The molecule has 9 rings (SSSR count). The van der Waals surface area contributed by atoms with Crippen molar-refractivity contribution in [2.45, 2.75) is 0 Å². The first kappa shape index (κ1) is 32.5. The maximum atomic E-state index is 9.25. The van der Waals surface area contributed by atoms with Crippen molar-refractivity contribution in [3.8, 4) is 84.5 Å². The summed E-state index contributed by atoms with van der Waals surface area (Å²) in [6.45, 7) is 0. The molecule has 3 nitrogen and oxygen atoms in total. The Balaban J connectivity index is 1.19. The second kappa shape index (κ2) is 14.3. The lowest BCUT2D eigenvalue weighted by atomic mass is 9.88. The molecular formula is C51H33N3. The third-order valence-corrected chi connectivity index (χ3v) is 9.97. The quantitative estimate of drug-likeness (QED) is 0.168. The van der Waals surface area contributed by atoms with Gasteiger partial charge in [0.2, 0.25) is 0 Å². The molecule has 0 amide bonds. The number of rotatable bonds is 7. The van der Waals surface area contributed by atoms with Gasteiger partial charge in [-0.3, -0.25) is 0 Å². The average Bonchev–Trinajstić information content (AvgIpc) is 3.26. The summed E-state index contributed by atoms with van der Waals surface area (Å²) in [5.41, 5.74) is 14.4. The number of aromatic nitrogens is 2. The molecule has 0 radical (unpaired) electrons. The molecule has 0 saturated carbocycles. The largest absolute Gasteiger partial charge is 0.227 e. The molecular weight excluding hydrogens is 655 g/mol. The Morgan fingerprint density at radius 2 is 0.778 bits per heavy atom. The van der Waals surface area contributed by atoms with Gasteiger partial charge < -0.3 is 0 Å². The molecule has 9 aromatic rings. The van der Waals surface area contributed by atoms with Gasteiger partial charge in [-0.15, -0.1) is 0 Å². The highest BCUT2D eigenvalue weighted by Crippen LogP contribution is 2.42. The molecule has 0 aliphatic heterocycles. The Hall–Kier alpha value is -7.41. The first-order valence-electron chi connectivity index (χ1n) is 18.1. The maximum Gasteiger partial charge on any atom is 0.160 e. The van der Waals surface area contributed by atoms with Crippen LogP contribution in [0.5, 0.6) is 0 Å². The van der Waals surface area contributed by atoms with Crippen molar-refractivity contribution in [2.24, 2.45) is 0 Å². The molecule has 0 spiro atoms. The zero-order chi connectivity index (χ0) is 36.3. The topological polar surface area (TPSA) is 49.6 Å². The summed E-state index contributed by atoms with van der Waals surface area (Å²) in [6, 6.07) is 71.6. The van der Waals surface area contributed by atoms with Gasteiger partial charge in [-0.2, -0.15) is 5.26 Å². The normalized spacial score (nSPS) is 10.9. The van der Waals surface area contributed by atoms with Gasteiger partial charge in [0.1, 0.15) is 0 Å². The number of benzene rings is 8. The Morgan fingerprint density at radius 3 is 1.39 bits per heavy atom. The van der Waals surface area contributed by atoms with Crippen molar-refractivity contribution in [2.75, 3.05) is 0 Å². The first-order chi connectivity index (χ1) is 26.7. The van der Waals surface area contributed by atoms with E-state index >= 15 is 0 Å². The number of nitrogens with zero attached hydrogens (tertiary/aromatic N) is 3. The smallest absolute Gasteiger partial charge is 0.160 e. The van der Waals surface area contributed by atoms with Crippen LogP contribution in [0.4, 0.5) is 0 Å². The summed E-state index contributed by atoms with van der Waals surface area (Å²) in [5.74, 6) is 0.689. The van der Waals surface area contributed by atoms with Crippen LogP contribution >= 0.6 is 0 Å². The SMILES string of the molecule is N#Cc1ccc(-c2ccc(-c3c(-c4ccc(-c5nc(-c6ccccc6)nc(-c6ccccc6)c5-c5ccccc5)cc4)ccc4ccccc34)cc2)cc1. The van der Waals surface area contributed by atoms with Gasteiger partial charge in [0.15, 0.2) is 5.82 Å². The highest BCUT2D eigenvalue weighted by atomic mass is 14.9. The molecule has 0 bridgehead atoms. The lowest BCUT2D eigenvalue weighted by Crippen LogP contribution is -2.00. The van der Waals surface area contributed by atoms with Crippen LogP contribution in [0.3, 0.4) is 0 Å². The second-order valence-electron chi connectivity index (χ2n) is 13.3. The van der Waals surface area contributed by atoms with Crippen LogP contribution in [0.25, 0.3) is 89.2 Å². The predicted octanol–water partition coefficient (Wildman–Crippen LogP) is 13.2. The second-order valence-corrected chi connectivity index (χ2v) is 13.3. The van der Waals surface area contributed by atoms with Crippen molar-refractivity contribution >= 4 is 10.8 Å². The lowest BCUT2D eigenvalue weighted by molar-refractivity contribution is 1.18. The standard InChI is InChI=1S/C51H33N3/c52-34-35-20-22-36(23-21-35)37-24-28-41(29-25-37)47-45-19-11-10-12-38(45)32-33-46(47)39-26-30-43(31-27-39)50-48(40-13-4-1-5-14-40)49(42-15-6-2-7-16-42)53-51(54-50)44-17-8-3-9-18-44/h1-33H. The number of nitriles is 1. The maximum absolute atomic E-state index is 9.25. The van der Waals surface area contributed by atoms with E-state index in [2.05, 4.69) is 152 Å². The van der Waals surface area contributed by atoms with Crippen molar-refractivity contribution in [3.63, 3.8) is 0 Å². The van der Waals surface area contributed by atoms with E-state index < -0.39 is 0 Å². The van der Waals surface area contributed by atoms with Gasteiger partial charge >= 0.3 is 0 Å². The van der Waals surface area contributed by atoms with Gasteiger partial charge in [0.25, 0.3) is 0 Å². The summed E-state index contributed by atoms with van der Waals surface area (Å²) < 4.78 is 0. The van der Waals surface area contributed by atoms with E-state index in [4.69, 9.17) is 9.97 Å². The molecule has 0 aliphatic carbocycles. The summed E-state index contributed by atoms with van der Waals surface area (Å²) in [5, 5.41) is 11.6. The van der Waals surface area contributed by atoms with Gasteiger partial charge in [-0.05, 0) is 61.8 Å². The lowest BCUT2D eigenvalue weighted by Gasteiger charge is -2.18. The van der Waals surface area contributed by atoms with E-state index in [9.17, 15) is 5.26 Å². The number of hydrogen-bond acceptors (Lipinski definition) is 3. The fourth-order valence-electron chi connectivity index (χ4n) is 7.27. The zero-order valence-electron chi connectivity index (χ0n) is 29.4. The Labute approximate surface area is 315 Å². The summed E-state index contributed by atoms with van der Waals surface area (Å²) in [6.07, 6.45) is 0. The highest BCUT2D eigenvalue weighted by molar-refractivity contribution is 6.04.